The number of anilines is 2. The lowest BCUT2D eigenvalue weighted by Crippen LogP contribution is -2.15. The highest BCUT2D eigenvalue weighted by molar-refractivity contribution is 9.10. The van der Waals surface area contributed by atoms with Gasteiger partial charge in [0.2, 0.25) is 0 Å². The van der Waals surface area contributed by atoms with Crippen LogP contribution >= 0.6 is 31.9 Å². The van der Waals surface area contributed by atoms with Gasteiger partial charge >= 0.3 is 0 Å². The maximum absolute atomic E-state index is 13.6. The predicted molar refractivity (Wildman–Crippen MR) is 233 cm³/mol. The van der Waals surface area contributed by atoms with Crippen molar-refractivity contribution in [2.24, 2.45) is 10.2 Å². The number of sulfonamides is 2. The Balaban J connectivity index is 0.904. The first-order chi connectivity index (χ1) is 27.9. The summed E-state index contributed by atoms with van der Waals surface area (Å²) in [4.78, 5) is 13.4. The monoisotopic (exact) mass is 936 g/mol. The number of carbonyl (C=O) groups is 1. The molecule has 4 N–H and O–H groups in total. The number of nitrogens with zero attached hydrogens (tertiary/aromatic N) is 2. The number of hydrazone groups is 2. The topological polar surface area (TPSA) is 158 Å². The molecule has 0 radical (unpaired) electrons. The molecule has 0 aliphatic carbocycles. The Hall–Kier alpha value is -5.61. The second kappa shape index (κ2) is 16.3. The van der Waals surface area contributed by atoms with Crippen molar-refractivity contribution in [2.45, 2.75) is 34.7 Å². The summed E-state index contributed by atoms with van der Waals surface area (Å²) in [5, 5.41) is 9.00. The largest absolute Gasteiger partial charge is 0.302 e. The number of halogens is 2. The van der Waals surface area contributed by atoms with Crippen LogP contribution in [0.1, 0.15) is 63.1 Å². The van der Waals surface area contributed by atoms with Crippen LogP contribution in [0.4, 0.5) is 11.4 Å². The number of nitrogens with one attached hydrogen (secondary N) is 4. The molecule has 11 nitrogen and oxygen atoms in total. The van der Waals surface area contributed by atoms with Crippen molar-refractivity contribution in [3.05, 3.63) is 188 Å². The van der Waals surface area contributed by atoms with Crippen LogP contribution in [-0.4, -0.2) is 34.0 Å². The van der Waals surface area contributed by atoms with E-state index in [0.29, 0.717) is 24.2 Å². The van der Waals surface area contributed by atoms with Gasteiger partial charge in [-0.25, -0.2) is 16.8 Å². The first kappa shape index (κ1) is 39.2. The molecule has 2 aliphatic rings. The third kappa shape index (κ3) is 8.77. The lowest BCUT2D eigenvalue weighted by Gasteiger charge is -2.12. The first-order valence-electron chi connectivity index (χ1n) is 18.1. The summed E-state index contributed by atoms with van der Waals surface area (Å²) < 4.78 is 61.0. The van der Waals surface area contributed by atoms with Crippen LogP contribution in [-0.2, 0) is 20.0 Å². The molecule has 0 amide bonds. The predicted octanol–water partition coefficient (Wildman–Crippen LogP) is 8.92. The Morgan fingerprint density at radius 3 is 1.33 bits per heavy atom. The highest BCUT2D eigenvalue weighted by Crippen LogP contribution is 2.29. The number of carbonyl (C=O) groups excluding carboxylic acids is 1. The SMILES string of the molecule is O=C(c1cccc(S(=O)(=O)Nc2ccc(C3=NNC(c4cccc(Br)c4)C3)cc2)c1)c1cccc(S(=O)(=O)Nc2ccc(C3=NNC(c4cccc(Br)c4)C3)cc2)c1. The highest BCUT2D eigenvalue weighted by Gasteiger charge is 2.24. The average Bonchev–Trinajstić information content (AvgIpc) is 3.93. The molecule has 15 heteroatoms. The van der Waals surface area contributed by atoms with Gasteiger partial charge in [0.25, 0.3) is 20.0 Å². The molecular weight excluding hydrogens is 904 g/mol. The van der Waals surface area contributed by atoms with Crippen molar-refractivity contribution in [3.63, 3.8) is 0 Å². The normalized spacial score (nSPS) is 16.4. The first-order valence-corrected chi connectivity index (χ1v) is 22.6. The minimum absolute atomic E-state index is 0.0292. The van der Waals surface area contributed by atoms with Gasteiger partial charge in [-0.15, -0.1) is 0 Å². The Labute approximate surface area is 353 Å². The molecule has 292 valence electrons. The smallest absolute Gasteiger partial charge is 0.261 e. The van der Waals surface area contributed by atoms with E-state index in [4.69, 9.17) is 0 Å². The van der Waals surface area contributed by atoms with Crippen molar-refractivity contribution in [1.29, 1.82) is 0 Å². The molecule has 0 aromatic heterocycles. The van der Waals surface area contributed by atoms with Crippen molar-refractivity contribution in [3.8, 4) is 0 Å². The van der Waals surface area contributed by atoms with Crippen molar-refractivity contribution in [2.75, 3.05) is 9.44 Å². The number of hydrogen-bond donors (Lipinski definition) is 4. The van der Waals surface area contributed by atoms with Crippen LogP contribution in [0.15, 0.2) is 175 Å². The average molecular weight is 939 g/mol. The van der Waals surface area contributed by atoms with Crippen LogP contribution in [0.3, 0.4) is 0 Å². The van der Waals surface area contributed by atoms with Gasteiger partial charge in [-0.1, -0.05) is 105 Å². The standard InChI is InChI=1S/C43H34Br2N6O5S2/c44-33-9-1-5-29(21-33)41-25-39(46-48-41)27-13-17-35(18-14-27)50-57(53,54)37-11-3-7-31(23-37)43(52)32-8-4-12-38(24-32)58(55,56)51-36-19-15-28(16-20-36)40-26-42(49-47-40)30-6-2-10-34(45)22-30/h1-24,41-42,48-51H,25-26H2. The lowest BCUT2D eigenvalue weighted by molar-refractivity contribution is 0.103. The molecule has 0 bridgehead atoms. The molecule has 0 fully saturated rings. The number of hydrogen-bond acceptors (Lipinski definition) is 9. The maximum Gasteiger partial charge on any atom is 0.261 e. The highest BCUT2D eigenvalue weighted by atomic mass is 79.9. The minimum atomic E-state index is -4.09. The van der Waals surface area contributed by atoms with Gasteiger partial charge in [-0.05, 0) is 95.1 Å². The zero-order chi connectivity index (χ0) is 40.4. The van der Waals surface area contributed by atoms with E-state index >= 15 is 0 Å². The van der Waals surface area contributed by atoms with Crippen molar-refractivity contribution in [1.82, 2.24) is 10.9 Å². The molecule has 2 heterocycles. The van der Waals surface area contributed by atoms with Gasteiger partial charge in [0, 0.05) is 44.3 Å². The van der Waals surface area contributed by atoms with Gasteiger partial charge in [0.15, 0.2) is 5.78 Å². The minimum Gasteiger partial charge on any atom is -0.302 e. The Kier molecular flexibility index (Phi) is 11.0. The van der Waals surface area contributed by atoms with E-state index < -0.39 is 25.8 Å². The van der Waals surface area contributed by atoms with Crippen LogP contribution in [0.25, 0.3) is 0 Å². The summed E-state index contributed by atoms with van der Waals surface area (Å²) in [6.45, 7) is 0. The van der Waals surface area contributed by atoms with Crippen LogP contribution in [0, 0.1) is 0 Å². The quantitative estimate of drug-likeness (QED) is 0.0893. The number of ketones is 1. The van der Waals surface area contributed by atoms with Crippen LogP contribution in [0.5, 0.6) is 0 Å². The molecular formula is C43H34Br2N6O5S2. The molecule has 58 heavy (non-hydrogen) atoms. The van der Waals surface area contributed by atoms with E-state index in [0.717, 1.165) is 42.6 Å². The summed E-state index contributed by atoms with van der Waals surface area (Å²) in [7, 11) is -8.18. The van der Waals surface area contributed by atoms with Crippen molar-refractivity contribution >= 4 is 80.5 Å². The van der Waals surface area contributed by atoms with Crippen LogP contribution < -0.4 is 20.3 Å². The zero-order valence-corrected chi connectivity index (χ0v) is 35.2. The Morgan fingerprint density at radius 2 is 0.931 bits per heavy atom. The summed E-state index contributed by atoms with van der Waals surface area (Å²) >= 11 is 7.02. The summed E-state index contributed by atoms with van der Waals surface area (Å²) in [6.07, 6.45) is 1.35. The number of benzene rings is 6. The van der Waals surface area contributed by atoms with E-state index in [1.54, 1.807) is 48.5 Å². The Morgan fingerprint density at radius 1 is 0.534 bits per heavy atom. The molecule has 2 unspecified atom stereocenters. The van der Waals surface area contributed by atoms with Gasteiger partial charge in [-0.2, -0.15) is 10.2 Å². The van der Waals surface area contributed by atoms with E-state index in [1.165, 1.54) is 48.5 Å². The fourth-order valence-corrected chi connectivity index (χ4v) is 9.78. The van der Waals surface area contributed by atoms with Crippen molar-refractivity contribution < 1.29 is 21.6 Å². The second-order valence-corrected chi connectivity index (χ2v) is 18.9. The van der Waals surface area contributed by atoms with Gasteiger partial charge < -0.3 is 10.9 Å². The fraction of sp³-hybridized carbons (Fsp3) is 0.0930. The Bertz CT molecular complexity index is 2640. The maximum atomic E-state index is 13.6. The molecule has 2 aliphatic heterocycles. The second-order valence-electron chi connectivity index (χ2n) is 13.7. The lowest BCUT2D eigenvalue weighted by atomic mass is 9.99. The third-order valence-corrected chi connectivity index (χ3v) is 13.5. The summed E-state index contributed by atoms with van der Waals surface area (Å²) in [5.41, 5.74) is 12.8. The van der Waals surface area contributed by atoms with E-state index in [1.807, 2.05) is 48.5 Å². The molecule has 2 atom stereocenters. The number of rotatable bonds is 12. The van der Waals surface area contributed by atoms with Crippen LogP contribution in [0.2, 0.25) is 0 Å². The van der Waals surface area contributed by atoms with E-state index in [9.17, 15) is 21.6 Å². The fourth-order valence-electron chi connectivity index (χ4n) is 6.74. The molecule has 6 aromatic carbocycles. The van der Waals surface area contributed by atoms with E-state index in [-0.39, 0.29) is 33.0 Å². The summed E-state index contributed by atoms with van der Waals surface area (Å²) in [6, 6.07) is 41.2. The molecule has 8 rings (SSSR count). The summed E-state index contributed by atoms with van der Waals surface area (Å²) in [5.74, 6) is -0.540. The van der Waals surface area contributed by atoms with E-state index in [2.05, 4.69) is 62.4 Å². The van der Waals surface area contributed by atoms with Gasteiger partial charge in [0.05, 0.1) is 33.3 Å². The molecule has 0 spiro atoms. The molecule has 0 saturated heterocycles. The molecule has 6 aromatic rings. The van der Waals surface area contributed by atoms with Gasteiger partial charge in [-0.3, -0.25) is 14.2 Å². The molecule has 0 saturated carbocycles. The van der Waals surface area contributed by atoms with Gasteiger partial charge in [0.1, 0.15) is 0 Å². The zero-order valence-electron chi connectivity index (χ0n) is 30.4. The third-order valence-electron chi connectivity index (χ3n) is 9.76.